The van der Waals surface area contributed by atoms with Crippen molar-refractivity contribution in [2.24, 2.45) is 0 Å². The molecule has 1 heterocycles. The number of nitrogen functional groups attached to an aromatic ring is 1. The molecule has 1 aromatic carbocycles. The highest BCUT2D eigenvalue weighted by molar-refractivity contribution is 5.99. The maximum Gasteiger partial charge on any atom is 0.340 e. The van der Waals surface area contributed by atoms with Gasteiger partial charge in [-0.25, -0.2) is 4.79 Å². The Kier molecular flexibility index (Phi) is 4.01. The van der Waals surface area contributed by atoms with Gasteiger partial charge in [-0.15, -0.1) is 0 Å². The van der Waals surface area contributed by atoms with Crippen LogP contribution >= 0.6 is 0 Å². The summed E-state index contributed by atoms with van der Waals surface area (Å²) >= 11 is 0. The molecule has 2 atom stereocenters. The van der Waals surface area contributed by atoms with Crippen molar-refractivity contribution in [3.8, 4) is 0 Å². The molecule has 5 nitrogen and oxygen atoms in total. The number of carbonyl (C=O) groups is 1. The number of methoxy groups -OCH3 is 1. The lowest BCUT2D eigenvalue weighted by Gasteiger charge is -2.45. The number of hydrogen-bond acceptors (Lipinski definition) is 5. The Morgan fingerprint density at radius 2 is 2.19 bits per heavy atom. The van der Waals surface area contributed by atoms with Gasteiger partial charge in [-0.1, -0.05) is 18.9 Å². The molecule has 1 aromatic rings. The smallest absolute Gasteiger partial charge is 0.340 e. The number of morpholine rings is 1. The first-order chi connectivity index (χ1) is 10.2. The minimum Gasteiger partial charge on any atom is -0.465 e. The van der Waals surface area contributed by atoms with Crippen molar-refractivity contribution in [1.29, 1.82) is 0 Å². The molecule has 1 aliphatic heterocycles. The van der Waals surface area contributed by atoms with Crippen LogP contribution in [0.15, 0.2) is 18.2 Å². The average Bonchev–Trinajstić information content (AvgIpc) is 2.53. The summed E-state index contributed by atoms with van der Waals surface area (Å²) in [5, 5.41) is 0. The predicted octanol–water partition coefficient (Wildman–Crippen LogP) is 2.20. The fraction of sp³-hybridized carbons (Fsp3) is 0.562. The standard InChI is InChI=1S/C16H22N2O3/c1-20-16(19)11-5-4-6-12(17)15(11)18-9-10-21-14-8-3-2-7-13(14)18/h4-6,13-14H,2-3,7-10,17H2,1H3. The van der Waals surface area contributed by atoms with Crippen molar-refractivity contribution >= 4 is 17.3 Å². The number of anilines is 2. The monoisotopic (exact) mass is 290 g/mol. The molecule has 3 rings (SSSR count). The largest absolute Gasteiger partial charge is 0.465 e. The van der Waals surface area contributed by atoms with Gasteiger partial charge in [0.05, 0.1) is 42.8 Å². The van der Waals surface area contributed by atoms with Crippen LogP contribution in [0.4, 0.5) is 11.4 Å². The maximum absolute atomic E-state index is 12.1. The molecule has 2 fully saturated rings. The van der Waals surface area contributed by atoms with Gasteiger partial charge in [0.2, 0.25) is 0 Å². The Hall–Kier alpha value is -1.75. The van der Waals surface area contributed by atoms with Crippen LogP contribution < -0.4 is 10.6 Å². The van der Waals surface area contributed by atoms with Crippen LogP contribution in [0.5, 0.6) is 0 Å². The Labute approximate surface area is 125 Å². The fourth-order valence-corrected chi connectivity index (χ4v) is 3.53. The number of benzene rings is 1. The number of esters is 1. The summed E-state index contributed by atoms with van der Waals surface area (Å²) in [5.74, 6) is -0.337. The van der Waals surface area contributed by atoms with Crippen molar-refractivity contribution < 1.29 is 14.3 Å². The van der Waals surface area contributed by atoms with E-state index in [0.29, 0.717) is 23.9 Å². The minimum absolute atomic E-state index is 0.248. The molecular weight excluding hydrogens is 268 g/mol. The summed E-state index contributed by atoms with van der Waals surface area (Å²) in [7, 11) is 1.40. The van der Waals surface area contributed by atoms with E-state index in [1.54, 1.807) is 12.1 Å². The Morgan fingerprint density at radius 1 is 1.38 bits per heavy atom. The van der Waals surface area contributed by atoms with Gasteiger partial charge < -0.3 is 20.1 Å². The molecule has 2 aliphatic rings. The number of para-hydroxylation sites is 1. The molecule has 5 heteroatoms. The molecule has 21 heavy (non-hydrogen) atoms. The van der Waals surface area contributed by atoms with Crippen LogP contribution in [0.2, 0.25) is 0 Å². The lowest BCUT2D eigenvalue weighted by Crippen LogP contribution is -2.53. The number of carbonyl (C=O) groups excluding carboxylic acids is 1. The van der Waals surface area contributed by atoms with Crippen LogP contribution in [0.1, 0.15) is 36.0 Å². The summed E-state index contributed by atoms with van der Waals surface area (Å²) in [6.45, 7) is 1.44. The molecule has 0 aromatic heterocycles. The number of rotatable bonds is 2. The van der Waals surface area contributed by atoms with Gasteiger partial charge in [0, 0.05) is 6.54 Å². The first kappa shape index (κ1) is 14.2. The molecule has 0 bridgehead atoms. The summed E-state index contributed by atoms with van der Waals surface area (Å²) < 4.78 is 10.8. The first-order valence-electron chi connectivity index (χ1n) is 7.57. The highest BCUT2D eigenvalue weighted by atomic mass is 16.5. The first-order valence-corrected chi connectivity index (χ1v) is 7.57. The van der Waals surface area contributed by atoms with Gasteiger partial charge in [-0.05, 0) is 25.0 Å². The lowest BCUT2D eigenvalue weighted by molar-refractivity contribution is -0.00874. The van der Waals surface area contributed by atoms with E-state index >= 15 is 0 Å². The maximum atomic E-state index is 12.1. The summed E-state index contributed by atoms with van der Waals surface area (Å²) in [4.78, 5) is 14.3. The summed E-state index contributed by atoms with van der Waals surface area (Å²) in [6.07, 6.45) is 4.82. The zero-order valence-electron chi connectivity index (χ0n) is 12.4. The Morgan fingerprint density at radius 3 is 3.00 bits per heavy atom. The van der Waals surface area contributed by atoms with Crippen molar-refractivity contribution in [3.05, 3.63) is 23.8 Å². The van der Waals surface area contributed by atoms with Gasteiger partial charge >= 0.3 is 5.97 Å². The average molecular weight is 290 g/mol. The Balaban J connectivity index is 2.00. The van der Waals surface area contributed by atoms with Crippen LogP contribution in [-0.2, 0) is 9.47 Å². The number of hydrogen-bond donors (Lipinski definition) is 1. The number of nitrogens with two attached hydrogens (primary N) is 1. The van der Waals surface area contributed by atoms with Crippen LogP contribution in [0.25, 0.3) is 0 Å². The summed E-state index contributed by atoms with van der Waals surface area (Å²) in [6, 6.07) is 5.73. The fourth-order valence-electron chi connectivity index (χ4n) is 3.53. The van der Waals surface area contributed by atoms with Crippen LogP contribution in [0, 0.1) is 0 Å². The van der Waals surface area contributed by atoms with Gasteiger partial charge in [-0.2, -0.15) is 0 Å². The van der Waals surface area contributed by atoms with E-state index in [-0.39, 0.29) is 12.1 Å². The van der Waals surface area contributed by atoms with Gasteiger partial charge in [0.25, 0.3) is 0 Å². The molecule has 2 unspecified atom stereocenters. The zero-order valence-corrected chi connectivity index (χ0v) is 12.4. The predicted molar refractivity (Wildman–Crippen MR) is 81.5 cm³/mol. The van der Waals surface area contributed by atoms with Gasteiger partial charge in [0.15, 0.2) is 0 Å². The number of fused-ring (bicyclic) bond motifs is 1. The molecule has 114 valence electrons. The van der Waals surface area contributed by atoms with E-state index in [0.717, 1.165) is 25.1 Å². The van der Waals surface area contributed by atoms with E-state index in [2.05, 4.69) is 4.90 Å². The quantitative estimate of drug-likeness (QED) is 0.668. The van der Waals surface area contributed by atoms with E-state index in [1.807, 2.05) is 6.07 Å². The highest BCUT2D eigenvalue weighted by Gasteiger charge is 2.36. The SMILES string of the molecule is COC(=O)c1cccc(N)c1N1CCOC2CCCCC21. The van der Waals surface area contributed by atoms with E-state index in [1.165, 1.54) is 20.0 Å². The van der Waals surface area contributed by atoms with Crippen molar-refractivity contribution in [1.82, 2.24) is 0 Å². The third-order valence-electron chi connectivity index (χ3n) is 4.49. The second kappa shape index (κ2) is 5.93. The topological polar surface area (TPSA) is 64.8 Å². The zero-order chi connectivity index (χ0) is 14.8. The summed E-state index contributed by atoms with van der Waals surface area (Å²) in [5.41, 5.74) is 8.16. The van der Waals surface area contributed by atoms with E-state index < -0.39 is 0 Å². The molecule has 0 spiro atoms. The molecule has 2 N–H and O–H groups in total. The number of ether oxygens (including phenoxy) is 2. The molecule has 1 saturated heterocycles. The molecule has 0 radical (unpaired) electrons. The number of nitrogens with zero attached hydrogens (tertiary/aromatic N) is 1. The molecule has 1 aliphatic carbocycles. The minimum atomic E-state index is -0.337. The van der Waals surface area contributed by atoms with Crippen molar-refractivity contribution in [2.75, 3.05) is 30.9 Å². The van der Waals surface area contributed by atoms with Gasteiger partial charge in [-0.3, -0.25) is 0 Å². The normalized spacial score (nSPS) is 25.3. The second-order valence-corrected chi connectivity index (χ2v) is 5.69. The third kappa shape index (κ3) is 2.58. The van der Waals surface area contributed by atoms with Crippen LogP contribution in [0.3, 0.4) is 0 Å². The highest BCUT2D eigenvalue weighted by Crippen LogP contribution is 2.37. The third-order valence-corrected chi connectivity index (χ3v) is 4.49. The van der Waals surface area contributed by atoms with Gasteiger partial charge in [0.1, 0.15) is 0 Å². The second-order valence-electron chi connectivity index (χ2n) is 5.69. The van der Waals surface area contributed by atoms with Crippen LogP contribution in [-0.4, -0.2) is 38.4 Å². The van der Waals surface area contributed by atoms with Crippen molar-refractivity contribution in [3.63, 3.8) is 0 Å². The van der Waals surface area contributed by atoms with E-state index in [9.17, 15) is 4.79 Å². The van der Waals surface area contributed by atoms with Crippen molar-refractivity contribution in [2.45, 2.75) is 37.8 Å². The van der Waals surface area contributed by atoms with E-state index in [4.69, 9.17) is 15.2 Å². The Bertz CT molecular complexity index is 530. The molecule has 0 amide bonds. The molecular formula is C16H22N2O3. The molecule has 1 saturated carbocycles. The lowest BCUT2D eigenvalue weighted by atomic mass is 9.89.